The molecule has 0 bridgehead atoms. The molecule has 2 heterocycles. The zero-order valence-corrected chi connectivity index (χ0v) is 9.96. The first-order valence-electron chi connectivity index (χ1n) is 4.97. The van der Waals surface area contributed by atoms with E-state index in [1.165, 1.54) is 6.07 Å². The van der Waals surface area contributed by atoms with E-state index in [0.29, 0.717) is 0 Å². The van der Waals surface area contributed by atoms with Crippen LogP contribution in [0.4, 0.5) is 0 Å². The molecule has 0 saturated heterocycles. The number of halogens is 1. The van der Waals surface area contributed by atoms with Crippen molar-refractivity contribution in [1.29, 1.82) is 0 Å². The van der Waals surface area contributed by atoms with Gasteiger partial charge in [-0.2, -0.15) is 0 Å². The van der Waals surface area contributed by atoms with Crippen LogP contribution in [0.2, 0.25) is 5.28 Å². The molecule has 0 radical (unpaired) electrons. The van der Waals surface area contributed by atoms with Crippen LogP contribution in [0, 0.1) is 0 Å². The smallest absolute Gasteiger partial charge is 0.355 e. The molecule has 2 N–H and O–H groups in total. The Morgan fingerprint density at radius 1 is 1.47 bits per heavy atom. The molecule has 90 valence electrons. The van der Waals surface area contributed by atoms with Crippen molar-refractivity contribution in [1.82, 2.24) is 15.0 Å². The van der Waals surface area contributed by atoms with E-state index in [9.17, 15) is 9.59 Å². The number of H-pyrrole nitrogens is 2. The monoisotopic (exact) mass is 255 g/mol. The van der Waals surface area contributed by atoms with Gasteiger partial charge in [0.2, 0.25) is 5.28 Å². The first-order chi connectivity index (χ1) is 7.97. The van der Waals surface area contributed by atoms with Gasteiger partial charge in [0, 0.05) is 0 Å². The van der Waals surface area contributed by atoms with Crippen LogP contribution in [0.15, 0.2) is 10.9 Å². The van der Waals surface area contributed by atoms with Gasteiger partial charge in [0.1, 0.15) is 11.3 Å². The third-order valence-electron chi connectivity index (χ3n) is 2.03. The Morgan fingerprint density at radius 2 is 2.18 bits per heavy atom. The van der Waals surface area contributed by atoms with E-state index < -0.39 is 11.5 Å². The van der Waals surface area contributed by atoms with Crippen LogP contribution >= 0.6 is 11.6 Å². The summed E-state index contributed by atoms with van der Waals surface area (Å²) in [6.45, 7) is 3.48. The fraction of sp³-hybridized carbons (Fsp3) is 0.300. The highest BCUT2D eigenvalue weighted by molar-refractivity contribution is 6.28. The molecule has 0 spiro atoms. The summed E-state index contributed by atoms with van der Waals surface area (Å²) in [7, 11) is 0. The average molecular weight is 256 g/mol. The zero-order valence-electron chi connectivity index (χ0n) is 9.20. The number of ether oxygens (including phenoxy) is 1. The molecule has 0 unspecified atom stereocenters. The lowest BCUT2D eigenvalue weighted by molar-refractivity contribution is 0.0372. The summed E-state index contributed by atoms with van der Waals surface area (Å²) in [5, 5.41) is 0.234. The molecule has 0 aliphatic rings. The number of hydrogen-bond donors (Lipinski definition) is 2. The van der Waals surface area contributed by atoms with Gasteiger partial charge in [0.05, 0.1) is 11.5 Å². The van der Waals surface area contributed by atoms with Crippen molar-refractivity contribution < 1.29 is 9.53 Å². The Labute approximate surface area is 101 Å². The molecule has 0 aliphatic heterocycles. The summed E-state index contributed by atoms with van der Waals surface area (Å²) >= 11 is 5.59. The normalized spacial score (nSPS) is 11.1. The van der Waals surface area contributed by atoms with Gasteiger partial charge in [0.25, 0.3) is 5.56 Å². The highest BCUT2D eigenvalue weighted by Crippen LogP contribution is 2.12. The maximum absolute atomic E-state index is 11.6. The Bertz CT molecular complexity index is 629. The molecule has 7 heteroatoms. The van der Waals surface area contributed by atoms with Crippen molar-refractivity contribution in [3.63, 3.8) is 0 Å². The molecule has 0 atom stereocenters. The van der Waals surface area contributed by atoms with Gasteiger partial charge in [0.15, 0.2) is 0 Å². The van der Waals surface area contributed by atoms with Crippen LogP contribution in [0.25, 0.3) is 11.0 Å². The zero-order chi connectivity index (χ0) is 12.6. The number of carbonyl (C=O) groups excluding carboxylic acids is 1. The molecule has 2 aromatic rings. The largest absolute Gasteiger partial charge is 0.458 e. The summed E-state index contributed by atoms with van der Waals surface area (Å²) in [5.41, 5.74) is 0.0308. The number of nitrogens with one attached hydrogen (secondary N) is 2. The second kappa shape index (κ2) is 4.21. The standard InChI is InChI=1S/C10H10ClN3O3/c1-4(2)17-9(16)6-3-5-7(12-6)13-10(11)14-8(5)15/h3-4H,1-2H3,(H2,12,13,14,15). The van der Waals surface area contributed by atoms with E-state index in [2.05, 4.69) is 15.0 Å². The molecule has 17 heavy (non-hydrogen) atoms. The van der Waals surface area contributed by atoms with Gasteiger partial charge < -0.3 is 9.72 Å². The molecule has 0 aliphatic carbocycles. The third kappa shape index (κ3) is 2.31. The van der Waals surface area contributed by atoms with Crippen LogP contribution in [-0.2, 0) is 4.74 Å². The summed E-state index contributed by atoms with van der Waals surface area (Å²) in [5.74, 6) is -0.534. The summed E-state index contributed by atoms with van der Waals surface area (Å²) in [6, 6.07) is 1.39. The molecule has 0 amide bonds. The van der Waals surface area contributed by atoms with Gasteiger partial charge in [-0.05, 0) is 31.5 Å². The van der Waals surface area contributed by atoms with E-state index in [4.69, 9.17) is 16.3 Å². The number of fused-ring (bicyclic) bond motifs is 1. The summed E-state index contributed by atoms with van der Waals surface area (Å²) < 4.78 is 4.99. The maximum atomic E-state index is 11.6. The van der Waals surface area contributed by atoms with Crippen molar-refractivity contribution in [3.8, 4) is 0 Å². The van der Waals surface area contributed by atoms with Gasteiger partial charge in [-0.25, -0.2) is 9.78 Å². The highest BCUT2D eigenvalue weighted by Gasteiger charge is 2.15. The van der Waals surface area contributed by atoms with Crippen LogP contribution in [0.1, 0.15) is 24.3 Å². The van der Waals surface area contributed by atoms with Crippen LogP contribution < -0.4 is 5.56 Å². The molecular weight excluding hydrogens is 246 g/mol. The minimum atomic E-state index is -0.534. The lowest BCUT2D eigenvalue weighted by Gasteiger charge is -2.05. The number of esters is 1. The number of aromatic nitrogens is 3. The summed E-state index contributed by atoms with van der Waals surface area (Å²) in [6.07, 6.45) is -0.233. The fourth-order valence-electron chi connectivity index (χ4n) is 1.38. The van der Waals surface area contributed by atoms with Crippen molar-refractivity contribution >= 4 is 28.6 Å². The third-order valence-corrected chi connectivity index (χ3v) is 2.21. The maximum Gasteiger partial charge on any atom is 0.355 e. The Morgan fingerprint density at radius 3 is 2.82 bits per heavy atom. The second-order valence-electron chi connectivity index (χ2n) is 3.76. The number of rotatable bonds is 2. The van der Waals surface area contributed by atoms with Crippen molar-refractivity contribution in [2.45, 2.75) is 20.0 Å². The number of hydrogen-bond acceptors (Lipinski definition) is 4. The first-order valence-corrected chi connectivity index (χ1v) is 5.34. The van der Waals surface area contributed by atoms with Gasteiger partial charge in [-0.3, -0.25) is 9.78 Å². The predicted octanol–water partition coefficient (Wildman–Crippen LogP) is 1.47. The Balaban J connectivity index is 2.48. The fourth-order valence-corrected chi connectivity index (χ4v) is 1.55. The lowest BCUT2D eigenvalue weighted by Crippen LogP contribution is -2.11. The van der Waals surface area contributed by atoms with Crippen LogP contribution in [0.5, 0.6) is 0 Å². The van der Waals surface area contributed by atoms with E-state index in [0.717, 1.165) is 0 Å². The van der Waals surface area contributed by atoms with E-state index in [-0.39, 0.29) is 28.1 Å². The Kier molecular flexibility index (Phi) is 2.89. The van der Waals surface area contributed by atoms with Crippen LogP contribution in [0.3, 0.4) is 0 Å². The molecule has 0 fully saturated rings. The molecule has 6 nitrogen and oxygen atoms in total. The van der Waals surface area contributed by atoms with Crippen molar-refractivity contribution in [2.75, 3.05) is 0 Å². The minimum Gasteiger partial charge on any atom is -0.458 e. The first kappa shape index (κ1) is 11.7. The van der Waals surface area contributed by atoms with Gasteiger partial charge in [-0.1, -0.05) is 0 Å². The molecule has 2 aromatic heterocycles. The van der Waals surface area contributed by atoms with Gasteiger partial charge in [-0.15, -0.1) is 0 Å². The number of aromatic amines is 2. The topological polar surface area (TPSA) is 87.8 Å². The molecule has 0 saturated carbocycles. The predicted molar refractivity (Wildman–Crippen MR) is 62.3 cm³/mol. The molecule has 0 aromatic carbocycles. The van der Waals surface area contributed by atoms with Gasteiger partial charge >= 0.3 is 5.97 Å². The number of nitrogens with zero attached hydrogens (tertiary/aromatic N) is 1. The Hall–Kier alpha value is -1.82. The molecule has 2 rings (SSSR count). The SMILES string of the molecule is CC(C)OC(=O)c1cc2c(=O)[nH]c(Cl)nc2[nH]1. The minimum absolute atomic E-state index is 0.0341. The van der Waals surface area contributed by atoms with Crippen LogP contribution in [-0.4, -0.2) is 27.0 Å². The van der Waals surface area contributed by atoms with E-state index in [1.807, 2.05) is 0 Å². The van der Waals surface area contributed by atoms with E-state index >= 15 is 0 Å². The van der Waals surface area contributed by atoms with Crippen molar-refractivity contribution in [2.24, 2.45) is 0 Å². The lowest BCUT2D eigenvalue weighted by atomic mass is 10.3. The number of carbonyl (C=O) groups is 1. The summed E-state index contributed by atoms with van der Waals surface area (Å²) in [4.78, 5) is 32.0. The second-order valence-corrected chi connectivity index (χ2v) is 4.11. The highest BCUT2D eigenvalue weighted by atomic mass is 35.5. The quantitative estimate of drug-likeness (QED) is 0.628. The molecular formula is C10H10ClN3O3. The average Bonchev–Trinajstić information content (AvgIpc) is 2.60. The van der Waals surface area contributed by atoms with E-state index in [1.54, 1.807) is 13.8 Å². The van der Waals surface area contributed by atoms with Crippen molar-refractivity contribution in [3.05, 3.63) is 27.4 Å².